The van der Waals surface area contributed by atoms with Crippen LogP contribution in [0.5, 0.6) is 0 Å². The zero-order chi connectivity index (χ0) is 16.0. The van der Waals surface area contributed by atoms with Crippen molar-refractivity contribution in [3.8, 4) is 0 Å². The van der Waals surface area contributed by atoms with E-state index in [2.05, 4.69) is 9.55 Å². The molecule has 0 atom stereocenters. The van der Waals surface area contributed by atoms with Crippen molar-refractivity contribution in [1.29, 1.82) is 0 Å². The number of aromatic nitrogens is 3. The number of hydrogen-bond acceptors (Lipinski definition) is 4. The van der Waals surface area contributed by atoms with E-state index in [0.717, 1.165) is 5.82 Å². The molecule has 1 amide bonds. The molecule has 0 bridgehead atoms. The van der Waals surface area contributed by atoms with Gasteiger partial charge in [0.2, 0.25) is 5.91 Å². The molecule has 1 fully saturated rings. The van der Waals surface area contributed by atoms with Gasteiger partial charge in [-0.3, -0.25) is 9.36 Å². The first-order valence-corrected chi connectivity index (χ1v) is 7.49. The normalized spacial score (nSPS) is 15.1. The van der Waals surface area contributed by atoms with Gasteiger partial charge in [0.25, 0.3) is 0 Å². The van der Waals surface area contributed by atoms with E-state index in [1.54, 1.807) is 29.3 Å². The standard InChI is InChI=1S/C16H16N4O3/c1-11-17-6-7-19(11)12-8-18(9-12)15(21)10-20-13-4-2-3-5-14(13)23-16(20)22/h2-7,12H,8-10H2,1H3. The smallest absolute Gasteiger partial charge is 0.408 e. The van der Waals surface area contributed by atoms with Crippen LogP contribution < -0.4 is 5.76 Å². The lowest BCUT2D eigenvalue weighted by molar-refractivity contribution is -0.137. The first-order valence-electron chi connectivity index (χ1n) is 7.49. The van der Waals surface area contributed by atoms with E-state index >= 15 is 0 Å². The molecule has 0 aliphatic carbocycles. The van der Waals surface area contributed by atoms with Crippen molar-refractivity contribution in [3.63, 3.8) is 0 Å². The van der Waals surface area contributed by atoms with Crippen LogP contribution in [0.4, 0.5) is 0 Å². The fraction of sp³-hybridized carbons (Fsp3) is 0.312. The number of imidazole rings is 1. The average molecular weight is 312 g/mol. The van der Waals surface area contributed by atoms with Crippen LogP contribution in [-0.4, -0.2) is 38.0 Å². The molecule has 0 spiro atoms. The molecule has 0 N–H and O–H groups in total. The number of amides is 1. The average Bonchev–Trinajstić information content (AvgIpc) is 3.03. The third-order valence-corrected chi connectivity index (χ3v) is 4.34. The molecule has 118 valence electrons. The first-order chi connectivity index (χ1) is 11.1. The fourth-order valence-corrected chi connectivity index (χ4v) is 3.01. The molecule has 4 rings (SSSR count). The molecule has 2 aromatic heterocycles. The molecule has 3 aromatic rings. The second-order valence-electron chi connectivity index (χ2n) is 5.76. The molecule has 0 radical (unpaired) electrons. The fourth-order valence-electron chi connectivity index (χ4n) is 3.01. The Bertz CT molecular complexity index is 930. The van der Waals surface area contributed by atoms with Crippen molar-refractivity contribution in [1.82, 2.24) is 19.0 Å². The Labute approximate surface area is 131 Å². The third-order valence-electron chi connectivity index (χ3n) is 4.34. The summed E-state index contributed by atoms with van der Waals surface area (Å²) in [7, 11) is 0. The number of fused-ring (bicyclic) bond motifs is 1. The molecule has 0 unspecified atom stereocenters. The summed E-state index contributed by atoms with van der Waals surface area (Å²) in [5, 5.41) is 0. The summed E-state index contributed by atoms with van der Waals surface area (Å²) >= 11 is 0. The number of hydrogen-bond donors (Lipinski definition) is 0. The molecule has 3 heterocycles. The number of aryl methyl sites for hydroxylation is 1. The lowest BCUT2D eigenvalue weighted by Gasteiger charge is -2.40. The molecule has 1 aliphatic heterocycles. The maximum absolute atomic E-state index is 12.4. The van der Waals surface area contributed by atoms with E-state index < -0.39 is 5.76 Å². The van der Waals surface area contributed by atoms with E-state index in [-0.39, 0.29) is 18.5 Å². The van der Waals surface area contributed by atoms with E-state index in [0.29, 0.717) is 24.2 Å². The van der Waals surface area contributed by atoms with E-state index in [1.165, 1.54) is 4.57 Å². The number of para-hydroxylation sites is 2. The minimum absolute atomic E-state index is 0.00543. The predicted molar refractivity (Wildman–Crippen MR) is 83.1 cm³/mol. The Balaban J connectivity index is 1.48. The highest BCUT2D eigenvalue weighted by Crippen LogP contribution is 2.23. The van der Waals surface area contributed by atoms with Crippen LogP contribution in [0.1, 0.15) is 11.9 Å². The van der Waals surface area contributed by atoms with Crippen molar-refractivity contribution in [2.75, 3.05) is 13.1 Å². The van der Waals surface area contributed by atoms with Gasteiger partial charge in [-0.1, -0.05) is 12.1 Å². The topological polar surface area (TPSA) is 73.3 Å². The molecular formula is C16H16N4O3. The number of benzene rings is 1. The van der Waals surface area contributed by atoms with Gasteiger partial charge in [0, 0.05) is 25.5 Å². The van der Waals surface area contributed by atoms with Crippen LogP contribution in [0.3, 0.4) is 0 Å². The van der Waals surface area contributed by atoms with Crippen LogP contribution >= 0.6 is 0 Å². The monoisotopic (exact) mass is 312 g/mol. The summed E-state index contributed by atoms with van der Waals surface area (Å²) in [5.41, 5.74) is 1.15. The number of rotatable bonds is 3. The summed E-state index contributed by atoms with van der Waals surface area (Å²) in [6.45, 7) is 3.23. The van der Waals surface area contributed by atoms with Crippen molar-refractivity contribution >= 4 is 17.0 Å². The second-order valence-corrected chi connectivity index (χ2v) is 5.76. The summed E-state index contributed by atoms with van der Waals surface area (Å²) in [6, 6.07) is 7.38. The van der Waals surface area contributed by atoms with Crippen LogP contribution in [0.15, 0.2) is 45.9 Å². The highest BCUT2D eigenvalue weighted by Gasteiger charge is 2.32. The Morgan fingerprint density at radius 3 is 2.87 bits per heavy atom. The number of carbonyl (C=O) groups is 1. The highest BCUT2D eigenvalue weighted by atomic mass is 16.4. The molecule has 23 heavy (non-hydrogen) atoms. The summed E-state index contributed by atoms with van der Waals surface area (Å²) in [5.74, 6) is 0.369. The Hall–Kier alpha value is -2.83. The summed E-state index contributed by atoms with van der Waals surface area (Å²) < 4.78 is 8.61. The zero-order valence-corrected chi connectivity index (χ0v) is 12.7. The Morgan fingerprint density at radius 1 is 1.35 bits per heavy atom. The zero-order valence-electron chi connectivity index (χ0n) is 12.7. The van der Waals surface area contributed by atoms with Crippen molar-refractivity contribution < 1.29 is 9.21 Å². The molecular weight excluding hydrogens is 296 g/mol. The molecule has 1 saturated heterocycles. The quantitative estimate of drug-likeness (QED) is 0.728. The maximum Gasteiger partial charge on any atom is 0.420 e. The summed E-state index contributed by atoms with van der Waals surface area (Å²) in [6.07, 6.45) is 3.69. The predicted octanol–water partition coefficient (Wildman–Crippen LogP) is 1.18. The van der Waals surface area contributed by atoms with Gasteiger partial charge in [-0.15, -0.1) is 0 Å². The Morgan fingerprint density at radius 2 is 2.13 bits per heavy atom. The van der Waals surface area contributed by atoms with Crippen molar-refractivity contribution in [3.05, 3.63) is 53.0 Å². The van der Waals surface area contributed by atoms with Crippen LogP contribution in [-0.2, 0) is 11.3 Å². The molecule has 1 aromatic carbocycles. The first kappa shape index (κ1) is 13.8. The van der Waals surface area contributed by atoms with E-state index in [1.807, 2.05) is 19.2 Å². The molecule has 7 heteroatoms. The largest absolute Gasteiger partial charge is 0.420 e. The number of likely N-dealkylation sites (tertiary alicyclic amines) is 1. The van der Waals surface area contributed by atoms with Gasteiger partial charge in [0.15, 0.2) is 5.58 Å². The maximum atomic E-state index is 12.4. The van der Waals surface area contributed by atoms with Gasteiger partial charge >= 0.3 is 5.76 Å². The number of nitrogens with zero attached hydrogens (tertiary/aromatic N) is 4. The van der Waals surface area contributed by atoms with Crippen LogP contribution in [0.25, 0.3) is 11.1 Å². The second kappa shape index (κ2) is 5.12. The van der Waals surface area contributed by atoms with Crippen LogP contribution in [0, 0.1) is 6.92 Å². The van der Waals surface area contributed by atoms with Gasteiger partial charge in [-0.25, -0.2) is 9.78 Å². The highest BCUT2D eigenvalue weighted by molar-refractivity contribution is 5.80. The number of carbonyl (C=O) groups excluding carboxylic acids is 1. The lowest BCUT2D eigenvalue weighted by Crippen LogP contribution is -2.52. The molecule has 1 aliphatic rings. The van der Waals surface area contributed by atoms with Gasteiger partial charge in [0.05, 0.1) is 11.6 Å². The molecule has 0 saturated carbocycles. The van der Waals surface area contributed by atoms with Crippen LogP contribution in [0.2, 0.25) is 0 Å². The van der Waals surface area contributed by atoms with Gasteiger partial charge in [-0.05, 0) is 19.1 Å². The minimum Gasteiger partial charge on any atom is -0.408 e. The number of oxazole rings is 1. The summed E-state index contributed by atoms with van der Waals surface area (Å²) in [4.78, 5) is 30.2. The van der Waals surface area contributed by atoms with Crippen molar-refractivity contribution in [2.24, 2.45) is 0 Å². The van der Waals surface area contributed by atoms with Gasteiger partial charge < -0.3 is 13.9 Å². The third kappa shape index (κ3) is 2.25. The van der Waals surface area contributed by atoms with E-state index in [4.69, 9.17) is 4.42 Å². The minimum atomic E-state index is -0.498. The van der Waals surface area contributed by atoms with E-state index in [9.17, 15) is 9.59 Å². The molecule has 7 nitrogen and oxygen atoms in total. The van der Waals surface area contributed by atoms with Gasteiger partial charge in [-0.2, -0.15) is 0 Å². The van der Waals surface area contributed by atoms with Gasteiger partial charge in [0.1, 0.15) is 12.4 Å². The Kier molecular flexibility index (Phi) is 3.07. The lowest BCUT2D eigenvalue weighted by atomic mass is 10.1. The van der Waals surface area contributed by atoms with Crippen molar-refractivity contribution in [2.45, 2.75) is 19.5 Å². The SMILES string of the molecule is Cc1nccn1C1CN(C(=O)Cn2c(=O)oc3ccccc32)C1.